The number of carbonyl (C=O) groups excluding carboxylic acids is 1. The number of alkyl halides is 2. The van der Waals surface area contributed by atoms with Crippen molar-refractivity contribution in [3.8, 4) is 0 Å². The van der Waals surface area contributed by atoms with Crippen molar-refractivity contribution in [1.82, 2.24) is 15.0 Å². The highest BCUT2D eigenvalue weighted by atomic mass is 31.2. The fourth-order valence-corrected chi connectivity index (χ4v) is 3.90. The van der Waals surface area contributed by atoms with Crippen LogP contribution < -0.4 is 5.73 Å². The van der Waals surface area contributed by atoms with Crippen LogP contribution >= 0.6 is 7.60 Å². The Morgan fingerprint density at radius 3 is 2.28 bits per heavy atom. The maximum Gasteiger partial charge on any atom is 0.400 e. The summed E-state index contributed by atoms with van der Waals surface area (Å²) in [6.45, 7) is 6.36. The molecule has 0 unspecified atom stereocenters. The van der Waals surface area contributed by atoms with Crippen LogP contribution in [0.4, 0.5) is 8.78 Å². The highest BCUT2D eigenvalue weighted by Crippen LogP contribution is 2.65. The number of amides is 1. The number of nitrogens with two attached hydrogens (primary N) is 1. The van der Waals surface area contributed by atoms with Crippen LogP contribution in [0.15, 0.2) is 6.20 Å². The summed E-state index contributed by atoms with van der Waals surface area (Å²) in [5, 5.41) is 7.23. The highest BCUT2D eigenvalue weighted by Gasteiger charge is 2.53. The van der Waals surface area contributed by atoms with E-state index in [1.54, 1.807) is 0 Å². The minimum Gasteiger partial charge on any atom is -0.364 e. The van der Waals surface area contributed by atoms with Crippen LogP contribution in [0.5, 0.6) is 0 Å². The molecule has 0 bridgehead atoms. The standard InChI is InChI=1S/C14H25F2N4O4P/c1-10(2)23-25(22,24-11(3)4)14(15,16)7-5-6-8-20-9-12(13(17)21)18-19-20/h9-11H,5-8H2,1-4H3,(H2,17,21). The molecule has 0 fully saturated rings. The quantitative estimate of drug-likeness (QED) is 0.465. The molecule has 0 aromatic carbocycles. The third kappa shape index (κ3) is 6.45. The molecule has 1 heterocycles. The summed E-state index contributed by atoms with van der Waals surface area (Å²) >= 11 is 0. The van der Waals surface area contributed by atoms with Crippen molar-refractivity contribution in [2.45, 2.75) is 71.4 Å². The summed E-state index contributed by atoms with van der Waals surface area (Å²) in [7, 11) is -4.58. The van der Waals surface area contributed by atoms with Gasteiger partial charge in [0.2, 0.25) is 0 Å². The van der Waals surface area contributed by atoms with E-state index in [2.05, 4.69) is 10.3 Å². The van der Waals surface area contributed by atoms with E-state index in [0.29, 0.717) is 6.42 Å². The fourth-order valence-electron chi connectivity index (χ4n) is 2.00. The average molecular weight is 382 g/mol. The first-order chi connectivity index (χ1) is 11.5. The largest absolute Gasteiger partial charge is 0.400 e. The van der Waals surface area contributed by atoms with Crippen LogP contribution in [0.2, 0.25) is 0 Å². The molecule has 25 heavy (non-hydrogen) atoms. The first kappa shape index (κ1) is 21.7. The molecule has 2 N–H and O–H groups in total. The van der Waals surface area contributed by atoms with Gasteiger partial charge in [-0.15, -0.1) is 5.10 Å². The Bertz CT molecular complexity index is 608. The predicted molar refractivity (Wildman–Crippen MR) is 87.4 cm³/mol. The van der Waals surface area contributed by atoms with Crippen LogP contribution in [-0.2, 0) is 20.2 Å². The third-order valence-corrected chi connectivity index (χ3v) is 5.43. The highest BCUT2D eigenvalue weighted by molar-refractivity contribution is 7.55. The Hall–Kier alpha value is -1.38. The summed E-state index contributed by atoms with van der Waals surface area (Å²) < 4.78 is 52.6. The summed E-state index contributed by atoms with van der Waals surface area (Å²) in [5.41, 5.74) is 1.46. The van der Waals surface area contributed by atoms with Crippen molar-refractivity contribution in [3.63, 3.8) is 0 Å². The number of aryl methyl sites for hydroxylation is 1. The molecule has 0 saturated heterocycles. The summed E-state index contributed by atoms with van der Waals surface area (Å²) in [6.07, 6.45) is -0.238. The van der Waals surface area contributed by atoms with Crippen molar-refractivity contribution in [2.24, 2.45) is 5.73 Å². The lowest BCUT2D eigenvalue weighted by Crippen LogP contribution is -2.24. The van der Waals surface area contributed by atoms with Gasteiger partial charge in [0.15, 0.2) is 5.69 Å². The van der Waals surface area contributed by atoms with Crippen molar-refractivity contribution < 1.29 is 27.2 Å². The molecular formula is C14H25F2N4O4P. The van der Waals surface area contributed by atoms with Gasteiger partial charge >= 0.3 is 13.3 Å². The third-order valence-electron chi connectivity index (χ3n) is 3.01. The van der Waals surface area contributed by atoms with Gasteiger partial charge in [-0.1, -0.05) is 5.21 Å². The lowest BCUT2D eigenvalue weighted by atomic mass is 10.2. The summed E-state index contributed by atoms with van der Waals surface area (Å²) in [5.74, 6) is -0.713. The zero-order valence-electron chi connectivity index (χ0n) is 14.8. The molecule has 0 aliphatic heterocycles. The molecule has 0 aliphatic rings. The maximum absolute atomic E-state index is 14.4. The van der Waals surface area contributed by atoms with Crippen LogP contribution in [0, 0.1) is 0 Å². The van der Waals surface area contributed by atoms with Gasteiger partial charge in [0.1, 0.15) is 0 Å². The van der Waals surface area contributed by atoms with Crippen molar-refractivity contribution in [2.75, 3.05) is 0 Å². The Morgan fingerprint density at radius 1 is 1.28 bits per heavy atom. The van der Waals surface area contributed by atoms with Crippen LogP contribution in [-0.4, -0.2) is 38.8 Å². The SMILES string of the molecule is CC(C)OP(=O)(OC(C)C)C(F)(F)CCCCn1cc(C(N)=O)nn1. The molecule has 0 spiro atoms. The molecule has 11 heteroatoms. The summed E-state index contributed by atoms with van der Waals surface area (Å²) in [4.78, 5) is 10.9. The first-order valence-corrected chi connectivity index (χ1v) is 9.56. The van der Waals surface area contributed by atoms with Gasteiger partial charge in [0.05, 0.1) is 18.4 Å². The van der Waals surface area contributed by atoms with Crippen molar-refractivity contribution >= 4 is 13.5 Å². The van der Waals surface area contributed by atoms with Crippen LogP contribution in [0.1, 0.15) is 57.4 Å². The molecule has 8 nitrogen and oxygen atoms in total. The van der Waals surface area contributed by atoms with E-state index < -0.39 is 37.8 Å². The van der Waals surface area contributed by atoms with Gasteiger partial charge in [-0.2, -0.15) is 8.78 Å². The molecule has 144 valence electrons. The Balaban J connectivity index is 2.61. The van der Waals surface area contributed by atoms with E-state index in [9.17, 15) is 18.1 Å². The second-order valence-electron chi connectivity index (χ2n) is 6.16. The number of carbonyl (C=O) groups is 1. The minimum atomic E-state index is -4.58. The van der Waals surface area contributed by atoms with E-state index in [1.807, 2.05) is 0 Å². The molecule has 1 amide bonds. The number of nitrogens with zero attached hydrogens (tertiary/aromatic N) is 3. The Labute approximate surface area is 145 Å². The number of rotatable bonds is 11. The minimum absolute atomic E-state index is 0.00509. The monoisotopic (exact) mass is 382 g/mol. The molecule has 1 aromatic heterocycles. The van der Waals surface area contributed by atoms with E-state index in [4.69, 9.17) is 14.8 Å². The smallest absolute Gasteiger partial charge is 0.364 e. The van der Waals surface area contributed by atoms with Gasteiger partial charge in [0, 0.05) is 13.0 Å². The lowest BCUT2D eigenvalue weighted by molar-refractivity contribution is 0.0121. The number of unbranched alkanes of at least 4 members (excludes halogenated alkanes) is 1. The Kier molecular flexibility index (Phi) is 7.64. The van der Waals surface area contributed by atoms with Gasteiger partial charge in [-0.05, 0) is 40.5 Å². The van der Waals surface area contributed by atoms with Gasteiger partial charge in [0.25, 0.3) is 5.91 Å². The fraction of sp³-hybridized carbons (Fsp3) is 0.786. The van der Waals surface area contributed by atoms with E-state index >= 15 is 0 Å². The average Bonchev–Trinajstić information content (AvgIpc) is 2.90. The molecule has 1 aromatic rings. The van der Waals surface area contributed by atoms with Gasteiger partial charge in [-0.3, -0.25) is 14.0 Å². The molecule has 0 radical (unpaired) electrons. The molecular weight excluding hydrogens is 357 g/mol. The second-order valence-corrected chi connectivity index (χ2v) is 8.23. The van der Waals surface area contributed by atoms with Crippen molar-refractivity contribution in [3.05, 3.63) is 11.9 Å². The number of primary amides is 1. The molecule has 0 atom stereocenters. The topological polar surface area (TPSA) is 109 Å². The second kappa shape index (κ2) is 8.82. The number of aromatic nitrogens is 3. The number of hydrogen-bond acceptors (Lipinski definition) is 6. The zero-order chi connectivity index (χ0) is 19.3. The van der Waals surface area contributed by atoms with E-state index in [0.717, 1.165) is 0 Å². The predicted octanol–water partition coefficient (Wildman–Crippen LogP) is 3.18. The number of hydrogen-bond donors (Lipinski definition) is 1. The molecule has 1 rings (SSSR count). The number of halogens is 2. The molecule has 0 aliphatic carbocycles. The zero-order valence-corrected chi connectivity index (χ0v) is 15.7. The normalized spacial score (nSPS) is 13.0. The van der Waals surface area contributed by atoms with Crippen LogP contribution in [0.25, 0.3) is 0 Å². The maximum atomic E-state index is 14.4. The Morgan fingerprint density at radius 2 is 1.84 bits per heavy atom. The van der Waals surface area contributed by atoms with E-state index in [1.165, 1.54) is 38.6 Å². The van der Waals surface area contributed by atoms with Crippen molar-refractivity contribution in [1.29, 1.82) is 0 Å². The van der Waals surface area contributed by atoms with Gasteiger partial charge in [-0.25, -0.2) is 0 Å². The first-order valence-electron chi connectivity index (χ1n) is 8.01. The summed E-state index contributed by atoms with van der Waals surface area (Å²) in [6, 6.07) is 0. The molecule has 0 saturated carbocycles. The van der Waals surface area contributed by atoms with E-state index in [-0.39, 0.29) is 18.7 Å². The van der Waals surface area contributed by atoms with Crippen LogP contribution in [0.3, 0.4) is 0 Å². The lowest BCUT2D eigenvalue weighted by Gasteiger charge is -2.29. The van der Waals surface area contributed by atoms with Gasteiger partial charge < -0.3 is 14.8 Å².